The van der Waals surface area contributed by atoms with Crippen LogP contribution >= 0.6 is 0 Å². The van der Waals surface area contributed by atoms with Crippen LogP contribution in [-0.4, -0.2) is 35.0 Å². The largest absolute Gasteiger partial charge is 0.508 e. The highest BCUT2D eigenvalue weighted by molar-refractivity contribution is 6.06. The number of hydrogen-bond acceptors (Lipinski definition) is 4. The van der Waals surface area contributed by atoms with Crippen LogP contribution in [0.5, 0.6) is 5.75 Å². The van der Waals surface area contributed by atoms with Gasteiger partial charge < -0.3 is 15.7 Å². The Morgan fingerprint density at radius 3 is 2.35 bits per heavy atom. The first-order valence-electron chi connectivity index (χ1n) is 8.26. The zero-order chi connectivity index (χ0) is 18.5. The van der Waals surface area contributed by atoms with Crippen molar-refractivity contribution in [3.05, 3.63) is 71.4 Å². The molecule has 3 aromatic rings. The highest BCUT2D eigenvalue weighted by Crippen LogP contribution is 2.18. The summed E-state index contributed by atoms with van der Waals surface area (Å²) in [5, 5.41) is 15.6. The molecule has 0 aliphatic rings. The van der Waals surface area contributed by atoms with Crippen LogP contribution in [0.15, 0.2) is 54.6 Å². The number of fused-ring (bicyclic) bond motifs is 1. The molecule has 1 heterocycles. The number of phenols is 1. The van der Waals surface area contributed by atoms with Crippen LogP contribution in [0.1, 0.15) is 26.4 Å². The minimum Gasteiger partial charge on any atom is -0.508 e. The number of nitrogens with zero attached hydrogens (tertiary/aromatic N) is 1. The molecular formula is C20H19N3O3. The third kappa shape index (κ3) is 3.97. The lowest BCUT2D eigenvalue weighted by Gasteiger charge is -2.10. The maximum absolute atomic E-state index is 12.5. The summed E-state index contributed by atoms with van der Waals surface area (Å²) in [4.78, 5) is 28.9. The van der Waals surface area contributed by atoms with Gasteiger partial charge in [-0.1, -0.05) is 18.2 Å². The molecular weight excluding hydrogens is 330 g/mol. The lowest BCUT2D eigenvalue weighted by atomic mass is 10.1. The van der Waals surface area contributed by atoms with E-state index in [1.165, 1.54) is 24.3 Å². The van der Waals surface area contributed by atoms with Crippen molar-refractivity contribution in [3.63, 3.8) is 0 Å². The third-order valence-corrected chi connectivity index (χ3v) is 3.91. The molecule has 0 spiro atoms. The smallest absolute Gasteiger partial charge is 0.252 e. The first-order valence-corrected chi connectivity index (χ1v) is 8.26. The Morgan fingerprint density at radius 2 is 1.62 bits per heavy atom. The van der Waals surface area contributed by atoms with Crippen molar-refractivity contribution >= 4 is 22.7 Å². The van der Waals surface area contributed by atoms with Crippen LogP contribution < -0.4 is 10.6 Å². The Balaban J connectivity index is 1.58. The average Bonchev–Trinajstić information content (AvgIpc) is 2.64. The highest BCUT2D eigenvalue weighted by atomic mass is 16.3. The van der Waals surface area contributed by atoms with Crippen molar-refractivity contribution < 1.29 is 14.7 Å². The van der Waals surface area contributed by atoms with Gasteiger partial charge in [0.05, 0.1) is 11.1 Å². The summed E-state index contributed by atoms with van der Waals surface area (Å²) in [5.41, 5.74) is 2.57. The molecule has 0 aliphatic heterocycles. The van der Waals surface area contributed by atoms with Crippen LogP contribution in [0, 0.1) is 6.92 Å². The van der Waals surface area contributed by atoms with Crippen molar-refractivity contribution in [1.29, 1.82) is 0 Å². The van der Waals surface area contributed by atoms with E-state index in [0.717, 1.165) is 16.6 Å². The first kappa shape index (κ1) is 17.4. The second-order valence-electron chi connectivity index (χ2n) is 5.89. The van der Waals surface area contributed by atoms with E-state index < -0.39 is 0 Å². The van der Waals surface area contributed by atoms with Crippen molar-refractivity contribution in [2.45, 2.75) is 6.92 Å². The number of phenolic OH excluding ortho intramolecular Hbond substituents is 1. The Morgan fingerprint density at radius 1 is 0.962 bits per heavy atom. The second kappa shape index (κ2) is 7.65. The number of pyridine rings is 1. The number of nitrogens with one attached hydrogen (secondary N) is 2. The maximum Gasteiger partial charge on any atom is 0.252 e. The molecule has 26 heavy (non-hydrogen) atoms. The predicted molar refractivity (Wildman–Crippen MR) is 99.3 cm³/mol. The molecule has 0 radical (unpaired) electrons. The molecule has 0 atom stereocenters. The van der Waals surface area contributed by atoms with Crippen LogP contribution in [0.3, 0.4) is 0 Å². The number of amides is 2. The molecule has 0 bridgehead atoms. The number of benzene rings is 2. The van der Waals surface area contributed by atoms with E-state index in [1.807, 2.05) is 31.2 Å². The molecule has 2 amide bonds. The number of aromatic hydroxyl groups is 1. The Labute approximate surface area is 150 Å². The number of para-hydroxylation sites is 1. The summed E-state index contributed by atoms with van der Waals surface area (Å²) in [6, 6.07) is 15.2. The number of carbonyl (C=O) groups excluding carboxylic acids is 2. The average molecular weight is 349 g/mol. The molecule has 0 saturated carbocycles. The quantitative estimate of drug-likeness (QED) is 0.617. The molecule has 2 aromatic carbocycles. The number of carbonyl (C=O) groups is 2. The van der Waals surface area contributed by atoms with E-state index in [-0.39, 0.29) is 17.6 Å². The van der Waals surface area contributed by atoms with E-state index in [4.69, 9.17) is 0 Å². The molecule has 0 aliphatic carbocycles. The molecule has 3 rings (SSSR count). The van der Waals surface area contributed by atoms with Gasteiger partial charge in [0.25, 0.3) is 11.8 Å². The van der Waals surface area contributed by atoms with E-state index in [9.17, 15) is 14.7 Å². The predicted octanol–water partition coefficient (Wildman–Crippen LogP) is 2.41. The van der Waals surface area contributed by atoms with E-state index in [2.05, 4.69) is 15.6 Å². The fraction of sp³-hybridized carbons (Fsp3) is 0.150. The zero-order valence-corrected chi connectivity index (χ0v) is 14.3. The summed E-state index contributed by atoms with van der Waals surface area (Å²) in [7, 11) is 0. The van der Waals surface area contributed by atoms with E-state index in [0.29, 0.717) is 24.2 Å². The standard InChI is InChI=1S/C20H19N3O3/c1-13-12-17(16-4-2-3-5-18(16)23-13)20(26)22-11-10-21-19(25)14-6-8-15(24)9-7-14/h2-9,12,24H,10-11H2,1H3,(H,21,25)(H,22,26). The number of rotatable bonds is 5. The normalized spacial score (nSPS) is 10.5. The maximum atomic E-state index is 12.5. The lowest BCUT2D eigenvalue weighted by Crippen LogP contribution is -2.34. The topological polar surface area (TPSA) is 91.3 Å². The van der Waals surface area contributed by atoms with Gasteiger partial charge in [0.15, 0.2) is 0 Å². The Hall–Kier alpha value is -3.41. The summed E-state index contributed by atoms with van der Waals surface area (Å²) in [5.74, 6) is -0.358. The van der Waals surface area contributed by atoms with Gasteiger partial charge in [0, 0.05) is 29.7 Å². The summed E-state index contributed by atoms with van der Waals surface area (Å²) >= 11 is 0. The minimum absolute atomic E-state index is 0.105. The summed E-state index contributed by atoms with van der Waals surface area (Å²) in [6.07, 6.45) is 0. The van der Waals surface area contributed by atoms with Crippen molar-refractivity contribution in [2.75, 3.05) is 13.1 Å². The molecule has 1 aromatic heterocycles. The van der Waals surface area contributed by atoms with E-state index in [1.54, 1.807) is 6.07 Å². The molecule has 0 unspecified atom stereocenters. The van der Waals surface area contributed by atoms with Gasteiger partial charge in [-0.05, 0) is 43.3 Å². The highest BCUT2D eigenvalue weighted by Gasteiger charge is 2.11. The van der Waals surface area contributed by atoms with E-state index >= 15 is 0 Å². The van der Waals surface area contributed by atoms with Gasteiger partial charge in [-0.2, -0.15) is 0 Å². The van der Waals surface area contributed by atoms with Crippen LogP contribution in [0.4, 0.5) is 0 Å². The van der Waals surface area contributed by atoms with Crippen LogP contribution in [0.2, 0.25) is 0 Å². The first-order chi connectivity index (χ1) is 12.5. The number of aryl methyl sites for hydroxylation is 1. The second-order valence-corrected chi connectivity index (χ2v) is 5.89. The minimum atomic E-state index is -0.260. The van der Waals surface area contributed by atoms with Crippen molar-refractivity contribution in [2.24, 2.45) is 0 Å². The summed E-state index contributed by atoms with van der Waals surface area (Å²) in [6.45, 7) is 2.45. The van der Waals surface area contributed by atoms with Crippen molar-refractivity contribution in [3.8, 4) is 5.75 Å². The molecule has 0 saturated heterocycles. The van der Waals surface area contributed by atoms with Gasteiger partial charge in [-0.3, -0.25) is 14.6 Å². The molecule has 0 fully saturated rings. The van der Waals surface area contributed by atoms with Crippen molar-refractivity contribution in [1.82, 2.24) is 15.6 Å². The van der Waals surface area contributed by atoms with Gasteiger partial charge in [0.1, 0.15) is 5.75 Å². The van der Waals surface area contributed by atoms with Crippen LogP contribution in [0.25, 0.3) is 10.9 Å². The Kier molecular flexibility index (Phi) is 5.12. The molecule has 6 nitrogen and oxygen atoms in total. The number of hydrogen-bond donors (Lipinski definition) is 3. The SMILES string of the molecule is Cc1cc(C(=O)NCCNC(=O)c2ccc(O)cc2)c2ccccc2n1. The van der Waals surface area contributed by atoms with Gasteiger partial charge in [-0.15, -0.1) is 0 Å². The fourth-order valence-electron chi connectivity index (χ4n) is 2.66. The zero-order valence-electron chi connectivity index (χ0n) is 14.3. The Bertz CT molecular complexity index is 952. The van der Waals surface area contributed by atoms with Gasteiger partial charge in [0.2, 0.25) is 0 Å². The fourth-order valence-corrected chi connectivity index (χ4v) is 2.66. The lowest BCUT2D eigenvalue weighted by molar-refractivity contribution is 0.0928. The third-order valence-electron chi connectivity index (χ3n) is 3.91. The van der Waals surface area contributed by atoms with Gasteiger partial charge in [-0.25, -0.2) is 0 Å². The van der Waals surface area contributed by atoms with Crippen LogP contribution in [-0.2, 0) is 0 Å². The molecule has 132 valence electrons. The number of aromatic nitrogens is 1. The molecule has 6 heteroatoms. The van der Waals surface area contributed by atoms with Gasteiger partial charge >= 0.3 is 0 Å². The summed E-state index contributed by atoms with van der Waals surface area (Å²) < 4.78 is 0. The monoisotopic (exact) mass is 349 g/mol. The molecule has 3 N–H and O–H groups in total.